The lowest BCUT2D eigenvalue weighted by atomic mass is 9.51. The highest BCUT2D eigenvalue weighted by Crippen LogP contribution is 2.79. The van der Waals surface area contributed by atoms with Crippen LogP contribution < -0.4 is 5.30 Å². The zero-order chi connectivity index (χ0) is 36.6. The van der Waals surface area contributed by atoms with Crippen LogP contribution >= 0.6 is 7.04 Å². The first-order valence-electron chi connectivity index (χ1n) is 20.3. The molecule has 0 aromatic heterocycles. The monoisotopic (exact) mass is 733 g/mol. The summed E-state index contributed by atoms with van der Waals surface area (Å²) in [6.07, 6.45) is 7.11. The van der Waals surface area contributed by atoms with E-state index in [1.54, 1.807) is 5.57 Å². The average molecular weight is 734 g/mol. The van der Waals surface area contributed by atoms with E-state index in [2.05, 4.69) is 199 Å². The number of allylic oxidation sites excluding steroid dienone is 4. The van der Waals surface area contributed by atoms with Gasteiger partial charge in [-0.3, -0.25) is 4.67 Å². The molecule has 0 bridgehead atoms. The van der Waals surface area contributed by atoms with Gasteiger partial charge in [0.1, 0.15) is 0 Å². The topological polar surface area (TPSA) is 3.24 Å². The summed E-state index contributed by atoms with van der Waals surface area (Å²) in [6.45, 7) is 1.07. The first-order valence-corrected chi connectivity index (χ1v) is 22.2. The molecule has 4 unspecified atom stereocenters. The van der Waals surface area contributed by atoms with Crippen molar-refractivity contribution in [3.63, 3.8) is 0 Å². The second-order valence-corrected chi connectivity index (χ2v) is 19.9. The van der Waals surface area contributed by atoms with E-state index in [9.17, 15) is 0 Å². The number of hydrogen-bond donors (Lipinski definition) is 0. The predicted molar refractivity (Wildman–Crippen MR) is 233 cm³/mol. The highest BCUT2D eigenvalue weighted by atomic mass is 31.2. The van der Waals surface area contributed by atoms with E-state index in [1.165, 1.54) is 77.6 Å². The summed E-state index contributed by atoms with van der Waals surface area (Å²) >= 11 is 0. The van der Waals surface area contributed by atoms with Gasteiger partial charge in [-0.1, -0.05) is 188 Å². The highest BCUT2D eigenvalue weighted by Gasteiger charge is 2.61. The number of benzene rings is 7. The molecule has 1 saturated heterocycles. The van der Waals surface area contributed by atoms with E-state index < -0.39 is 12.5 Å². The Morgan fingerprint density at radius 2 is 1.05 bits per heavy atom. The Morgan fingerprint density at radius 3 is 1.73 bits per heavy atom. The van der Waals surface area contributed by atoms with Gasteiger partial charge in [0, 0.05) is 12.2 Å². The summed E-state index contributed by atoms with van der Waals surface area (Å²) < 4.78 is 2.86. The summed E-state index contributed by atoms with van der Waals surface area (Å²) in [7, 11) is -1.76. The van der Waals surface area contributed by atoms with Crippen molar-refractivity contribution in [2.75, 3.05) is 6.54 Å². The number of rotatable bonds is 3. The van der Waals surface area contributed by atoms with Crippen LogP contribution in [0.4, 0.5) is 0 Å². The minimum atomic E-state index is -1.76. The third kappa shape index (κ3) is 3.55. The Hall–Kier alpha value is -5.72. The van der Waals surface area contributed by atoms with Gasteiger partial charge >= 0.3 is 0 Å². The fourth-order valence-corrected chi connectivity index (χ4v) is 17.1. The van der Waals surface area contributed by atoms with Crippen LogP contribution in [0.25, 0.3) is 22.3 Å². The Balaban J connectivity index is 1.11. The molecule has 6 aliphatic rings. The molecule has 1 fully saturated rings. The van der Waals surface area contributed by atoms with Crippen molar-refractivity contribution in [2.24, 2.45) is 0 Å². The molecule has 7 aromatic rings. The van der Waals surface area contributed by atoms with Crippen LogP contribution in [0.2, 0.25) is 0 Å². The molecule has 266 valence electrons. The van der Waals surface area contributed by atoms with Gasteiger partial charge in [-0.25, -0.2) is 0 Å². The van der Waals surface area contributed by atoms with Gasteiger partial charge in [0.2, 0.25) is 0 Å². The standard InChI is InChI=1S/C54H40NP/c1-3-18-36(19-4-1)50-35-56(37-20-5-2-6-21-37)51(34-55(50)56)41-25-17-33-49-52(41)40-24-9-12-28-44(40)54(49)47-31-15-13-29-45(47)53(46-30-14-16-32-48(46)54)42-26-10-7-22-38(42)39-23-8-11-27-43(39)53/h1-13,15-29,31-33,35,50-51H,14,30,34H2. The summed E-state index contributed by atoms with van der Waals surface area (Å²) in [5.74, 6) is 2.76. The lowest BCUT2D eigenvalue weighted by molar-refractivity contribution is 0.348. The maximum Gasteiger partial charge on any atom is 0.0716 e. The molecule has 2 heterocycles. The molecule has 0 saturated carbocycles. The van der Waals surface area contributed by atoms with E-state index in [4.69, 9.17) is 0 Å². The Labute approximate surface area is 329 Å². The van der Waals surface area contributed by atoms with Gasteiger partial charge < -0.3 is 0 Å². The van der Waals surface area contributed by atoms with Crippen molar-refractivity contribution in [2.45, 2.75) is 35.4 Å². The van der Waals surface area contributed by atoms with E-state index in [0.717, 1.165) is 19.4 Å². The zero-order valence-electron chi connectivity index (χ0n) is 31.1. The second-order valence-electron chi connectivity index (χ2n) is 16.5. The quantitative estimate of drug-likeness (QED) is 0.163. The average Bonchev–Trinajstić information content (AvgIpc) is 3.73. The van der Waals surface area contributed by atoms with Crippen LogP contribution in [0, 0.1) is 0 Å². The van der Waals surface area contributed by atoms with Crippen LogP contribution in [-0.4, -0.2) is 17.0 Å². The van der Waals surface area contributed by atoms with Gasteiger partial charge in [-0.05, 0) is 109 Å². The SMILES string of the molecule is C1=CC2=C(CC1)C1(c3ccccc3-c3ccccc31)c1ccccc1C21c2ccccc2-c2c(C3CN4C(c5ccccc5)C=P34c3ccccc3)cccc21. The molecule has 0 amide bonds. The Morgan fingerprint density at radius 1 is 0.500 bits per heavy atom. The summed E-state index contributed by atoms with van der Waals surface area (Å²) in [4.78, 5) is 0. The third-order valence-electron chi connectivity index (χ3n) is 14.4. The fourth-order valence-electron chi connectivity index (χ4n) is 12.5. The van der Waals surface area contributed by atoms with E-state index in [1.807, 2.05) is 0 Å². The second kappa shape index (κ2) is 11.2. The van der Waals surface area contributed by atoms with E-state index >= 15 is 0 Å². The van der Waals surface area contributed by atoms with Crippen molar-refractivity contribution in [1.29, 1.82) is 0 Å². The van der Waals surface area contributed by atoms with Crippen LogP contribution in [0.1, 0.15) is 69.1 Å². The van der Waals surface area contributed by atoms with Gasteiger partial charge in [-0.2, -0.15) is 0 Å². The van der Waals surface area contributed by atoms with Crippen molar-refractivity contribution in [3.05, 3.63) is 244 Å². The number of nitrogens with zero attached hydrogens (tertiary/aromatic N) is 1. The molecule has 7 aromatic carbocycles. The molecule has 2 aliphatic heterocycles. The van der Waals surface area contributed by atoms with Crippen LogP contribution in [0.5, 0.6) is 0 Å². The molecule has 0 N–H and O–H groups in total. The fraction of sp³-hybridized carbons (Fsp3) is 0.130. The van der Waals surface area contributed by atoms with Crippen LogP contribution in [0.3, 0.4) is 0 Å². The minimum Gasteiger partial charge on any atom is -0.267 e. The molecule has 4 aliphatic carbocycles. The Bertz CT molecular complexity index is 2890. The van der Waals surface area contributed by atoms with Crippen molar-refractivity contribution in [3.8, 4) is 22.3 Å². The smallest absolute Gasteiger partial charge is 0.0716 e. The molecular formula is C54H40NP. The first-order chi connectivity index (χ1) is 27.8. The largest absolute Gasteiger partial charge is 0.267 e. The first kappa shape index (κ1) is 31.5. The van der Waals surface area contributed by atoms with Crippen LogP contribution in [0.15, 0.2) is 199 Å². The molecule has 2 spiro atoms. The highest BCUT2D eigenvalue weighted by molar-refractivity contribution is 7.83. The maximum absolute atomic E-state index is 2.86. The number of hydrogen-bond acceptors (Lipinski definition) is 1. The van der Waals surface area contributed by atoms with Gasteiger partial charge in [0.25, 0.3) is 0 Å². The lowest BCUT2D eigenvalue weighted by Gasteiger charge is -2.64. The van der Waals surface area contributed by atoms with Crippen molar-refractivity contribution < 1.29 is 0 Å². The van der Waals surface area contributed by atoms with Crippen LogP contribution in [-0.2, 0) is 10.8 Å². The zero-order valence-corrected chi connectivity index (χ0v) is 32.0. The molecular weight excluding hydrogens is 694 g/mol. The molecule has 2 heteroatoms. The Kier molecular flexibility index (Phi) is 6.30. The minimum absolute atomic E-state index is 0.338. The van der Waals surface area contributed by atoms with E-state index in [-0.39, 0.29) is 5.41 Å². The summed E-state index contributed by atoms with van der Waals surface area (Å²) in [5, 5.41) is 1.51. The molecule has 56 heavy (non-hydrogen) atoms. The lowest BCUT2D eigenvalue weighted by Crippen LogP contribution is -2.53. The molecule has 1 nitrogen and oxygen atoms in total. The van der Waals surface area contributed by atoms with Gasteiger partial charge in [0.05, 0.1) is 16.9 Å². The summed E-state index contributed by atoms with van der Waals surface area (Å²) in [5.41, 5.74) is 20.0. The normalized spacial score (nSPS) is 25.1. The maximum atomic E-state index is 2.86. The van der Waals surface area contributed by atoms with Crippen molar-refractivity contribution in [1.82, 2.24) is 4.67 Å². The van der Waals surface area contributed by atoms with Gasteiger partial charge in [0.15, 0.2) is 0 Å². The molecule has 4 atom stereocenters. The van der Waals surface area contributed by atoms with E-state index in [0.29, 0.717) is 11.7 Å². The van der Waals surface area contributed by atoms with Crippen molar-refractivity contribution >= 4 is 18.1 Å². The summed E-state index contributed by atoms with van der Waals surface area (Å²) in [6, 6.07) is 68.0. The molecule has 0 radical (unpaired) electrons. The predicted octanol–water partition coefficient (Wildman–Crippen LogP) is 12.1. The number of fused-ring (bicyclic) bond motifs is 16. The third-order valence-corrected chi connectivity index (χ3v) is 19.0. The van der Waals surface area contributed by atoms with Gasteiger partial charge in [-0.15, -0.1) is 0 Å². The molecule has 13 rings (SSSR count).